The molecule has 0 spiro atoms. The standard InChI is InChI=1S/C17H18BrNO/c1-11(12-5-3-2-4-6-12)16(19)15-10-14(18)9-13-7-8-20-17(13)15/h2-6,9-11,16H,7-8,19H2,1H3. The molecule has 0 bridgehead atoms. The average Bonchev–Trinajstić information content (AvgIpc) is 2.94. The molecule has 20 heavy (non-hydrogen) atoms. The monoisotopic (exact) mass is 331 g/mol. The van der Waals surface area contributed by atoms with Gasteiger partial charge in [0.2, 0.25) is 0 Å². The van der Waals surface area contributed by atoms with Gasteiger partial charge in [-0.1, -0.05) is 53.2 Å². The van der Waals surface area contributed by atoms with Crippen LogP contribution in [0, 0.1) is 0 Å². The minimum Gasteiger partial charge on any atom is -0.493 e. The van der Waals surface area contributed by atoms with Crippen molar-refractivity contribution in [1.82, 2.24) is 0 Å². The summed E-state index contributed by atoms with van der Waals surface area (Å²) in [7, 11) is 0. The largest absolute Gasteiger partial charge is 0.493 e. The van der Waals surface area contributed by atoms with Gasteiger partial charge in [-0.3, -0.25) is 0 Å². The van der Waals surface area contributed by atoms with E-state index in [2.05, 4.69) is 59.3 Å². The molecule has 104 valence electrons. The second kappa shape index (κ2) is 5.58. The maximum atomic E-state index is 6.51. The zero-order valence-electron chi connectivity index (χ0n) is 11.5. The lowest BCUT2D eigenvalue weighted by Gasteiger charge is -2.23. The Hall–Kier alpha value is -1.32. The number of fused-ring (bicyclic) bond motifs is 1. The van der Waals surface area contributed by atoms with Crippen molar-refractivity contribution in [2.45, 2.75) is 25.3 Å². The SMILES string of the molecule is CC(c1ccccc1)C(N)c1cc(Br)cc2c1OCC2. The van der Waals surface area contributed by atoms with Crippen molar-refractivity contribution in [3.63, 3.8) is 0 Å². The first kappa shape index (κ1) is 13.7. The zero-order chi connectivity index (χ0) is 14.1. The van der Waals surface area contributed by atoms with E-state index in [4.69, 9.17) is 10.5 Å². The maximum absolute atomic E-state index is 6.51. The number of hydrogen-bond donors (Lipinski definition) is 1. The fourth-order valence-electron chi connectivity index (χ4n) is 2.78. The van der Waals surface area contributed by atoms with E-state index >= 15 is 0 Å². The van der Waals surface area contributed by atoms with Crippen LogP contribution in [0.3, 0.4) is 0 Å². The first-order chi connectivity index (χ1) is 9.66. The summed E-state index contributed by atoms with van der Waals surface area (Å²) in [6.45, 7) is 2.92. The lowest BCUT2D eigenvalue weighted by atomic mass is 9.88. The van der Waals surface area contributed by atoms with Gasteiger partial charge in [0, 0.05) is 28.4 Å². The molecule has 1 heterocycles. The van der Waals surface area contributed by atoms with Crippen molar-refractivity contribution in [2.24, 2.45) is 5.73 Å². The summed E-state index contributed by atoms with van der Waals surface area (Å²) in [5, 5.41) is 0. The van der Waals surface area contributed by atoms with Crippen LogP contribution in [0.2, 0.25) is 0 Å². The second-order valence-electron chi connectivity index (χ2n) is 5.31. The Morgan fingerprint density at radius 2 is 1.95 bits per heavy atom. The molecule has 2 unspecified atom stereocenters. The van der Waals surface area contributed by atoms with Gasteiger partial charge < -0.3 is 10.5 Å². The van der Waals surface area contributed by atoms with Crippen LogP contribution in [-0.2, 0) is 6.42 Å². The Morgan fingerprint density at radius 1 is 1.20 bits per heavy atom. The van der Waals surface area contributed by atoms with Gasteiger partial charge in [-0.2, -0.15) is 0 Å². The van der Waals surface area contributed by atoms with E-state index in [1.807, 2.05) is 6.07 Å². The molecule has 0 radical (unpaired) electrons. The normalized spacial score (nSPS) is 16.4. The molecule has 2 aromatic carbocycles. The molecule has 2 N–H and O–H groups in total. The number of ether oxygens (including phenoxy) is 1. The molecule has 2 atom stereocenters. The highest BCUT2D eigenvalue weighted by Gasteiger charge is 2.25. The number of rotatable bonds is 3. The van der Waals surface area contributed by atoms with Crippen molar-refractivity contribution in [3.05, 3.63) is 63.6 Å². The molecule has 2 aromatic rings. The summed E-state index contributed by atoms with van der Waals surface area (Å²) < 4.78 is 6.87. The van der Waals surface area contributed by atoms with Crippen LogP contribution in [0.1, 0.15) is 35.6 Å². The van der Waals surface area contributed by atoms with Crippen molar-refractivity contribution >= 4 is 15.9 Å². The average molecular weight is 332 g/mol. The lowest BCUT2D eigenvalue weighted by Crippen LogP contribution is -2.18. The van der Waals surface area contributed by atoms with Crippen molar-refractivity contribution < 1.29 is 4.74 Å². The molecular weight excluding hydrogens is 314 g/mol. The van der Waals surface area contributed by atoms with Gasteiger partial charge in [0.05, 0.1) is 6.61 Å². The maximum Gasteiger partial charge on any atom is 0.127 e. The van der Waals surface area contributed by atoms with Crippen LogP contribution in [-0.4, -0.2) is 6.61 Å². The van der Waals surface area contributed by atoms with Crippen LogP contribution in [0.25, 0.3) is 0 Å². The van der Waals surface area contributed by atoms with E-state index in [-0.39, 0.29) is 12.0 Å². The summed E-state index contributed by atoms with van der Waals surface area (Å²) in [5.74, 6) is 1.24. The number of hydrogen-bond acceptors (Lipinski definition) is 2. The summed E-state index contributed by atoms with van der Waals surface area (Å²) in [4.78, 5) is 0. The third-order valence-corrected chi connectivity index (χ3v) is 4.46. The predicted octanol–water partition coefficient (Wildman–Crippen LogP) is 4.19. The van der Waals surface area contributed by atoms with E-state index in [0.717, 1.165) is 28.8 Å². The van der Waals surface area contributed by atoms with Gasteiger partial charge in [-0.25, -0.2) is 0 Å². The molecule has 0 aliphatic carbocycles. The number of halogens is 1. The molecule has 3 rings (SSSR count). The van der Waals surface area contributed by atoms with Crippen LogP contribution < -0.4 is 10.5 Å². The van der Waals surface area contributed by atoms with Gasteiger partial charge in [0.25, 0.3) is 0 Å². The van der Waals surface area contributed by atoms with E-state index < -0.39 is 0 Å². The third-order valence-electron chi connectivity index (χ3n) is 4.00. The minimum atomic E-state index is -0.0678. The molecule has 0 saturated heterocycles. The second-order valence-corrected chi connectivity index (χ2v) is 6.22. The highest BCUT2D eigenvalue weighted by molar-refractivity contribution is 9.10. The molecule has 1 aliphatic heterocycles. The van der Waals surface area contributed by atoms with E-state index in [1.165, 1.54) is 11.1 Å². The Morgan fingerprint density at radius 3 is 2.70 bits per heavy atom. The zero-order valence-corrected chi connectivity index (χ0v) is 13.1. The molecule has 0 fully saturated rings. The fraction of sp³-hybridized carbons (Fsp3) is 0.294. The summed E-state index contributed by atoms with van der Waals surface area (Å²) in [6.07, 6.45) is 0.966. The van der Waals surface area contributed by atoms with Gasteiger partial charge >= 0.3 is 0 Å². The predicted molar refractivity (Wildman–Crippen MR) is 85.1 cm³/mol. The van der Waals surface area contributed by atoms with E-state index in [0.29, 0.717) is 0 Å². The fourth-order valence-corrected chi connectivity index (χ4v) is 3.30. The highest BCUT2D eigenvalue weighted by Crippen LogP contribution is 2.40. The van der Waals surface area contributed by atoms with Gasteiger partial charge in [0.15, 0.2) is 0 Å². The quantitative estimate of drug-likeness (QED) is 0.915. The van der Waals surface area contributed by atoms with E-state index in [9.17, 15) is 0 Å². The van der Waals surface area contributed by atoms with Crippen molar-refractivity contribution in [2.75, 3.05) is 6.61 Å². The topological polar surface area (TPSA) is 35.2 Å². The van der Waals surface area contributed by atoms with Crippen LogP contribution in [0.5, 0.6) is 5.75 Å². The molecular formula is C17H18BrNO. The van der Waals surface area contributed by atoms with Gasteiger partial charge in [-0.05, 0) is 23.3 Å². The van der Waals surface area contributed by atoms with Gasteiger partial charge in [0.1, 0.15) is 5.75 Å². The Labute approximate surface area is 128 Å². The Kier molecular flexibility index (Phi) is 3.81. The van der Waals surface area contributed by atoms with E-state index in [1.54, 1.807) is 0 Å². The third kappa shape index (κ3) is 2.48. The Bertz CT molecular complexity index is 612. The molecule has 3 heteroatoms. The molecule has 2 nitrogen and oxygen atoms in total. The van der Waals surface area contributed by atoms with Crippen LogP contribution >= 0.6 is 15.9 Å². The van der Waals surface area contributed by atoms with Gasteiger partial charge in [-0.15, -0.1) is 0 Å². The molecule has 0 aromatic heterocycles. The number of nitrogens with two attached hydrogens (primary N) is 1. The summed E-state index contributed by atoms with van der Waals surface area (Å²) >= 11 is 3.58. The highest BCUT2D eigenvalue weighted by atomic mass is 79.9. The Balaban J connectivity index is 1.97. The first-order valence-electron chi connectivity index (χ1n) is 6.92. The first-order valence-corrected chi connectivity index (χ1v) is 7.72. The van der Waals surface area contributed by atoms with Crippen molar-refractivity contribution in [1.29, 1.82) is 0 Å². The van der Waals surface area contributed by atoms with Crippen LogP contribution in [0.15, 0.2) is 46.9 Å². The minimum absolute atomic E-state index is 0.0678. The molecule has 1 aliphatic rings. The summed E-state index contributed by atoms with van der Waals surface area (Å²) in [5.41, 5.74) is 10.1. The molecule has 0 saturated carbocycles. The number of benzene rings is 2. The van der Waals surface area contributed by atoms with Crippen molar-refractivity contribution in [3.8, 4) is 5.75 Å². The van der Waals surface area contributed by atoms with Crippen LogP contribution in [0.4, 0.5) is 0 Å². The lowest BCUT2D eigenvalue weighted by molar-refractivity contribution is 0.349. The summed E-state index contributed by atoms with van der Waals surface area (Å²) in [6, 6.07) is 14.6. The smallest absolute Gasteiger partial charge is 0.127 e. The molecule has 0 amide bonds.